The van der Waals surface area contributed by atoms with Crippen LogP contribution in [0.4, 0.5) is 19.0 Å². The maximum Gasteiger partial charge on any atom is 0.433 e. The van der Waals surface area contributed by atoms with E-state index in [0.717, 1.165) is 51.2 Å². The minimum absolute atomic E-state index is 0.178. The van der Waals surface area contributed by atoms with E-state index in [9.17, 15) is 13.2 Å². The number of hydrogen-bond acceptors (Lipinski definition) is 7. The average molecular weight is 368 g/mol. The first-order chi connectivity index (χ1) is 12.5. The summed E-state index contributed by atoms with van der Waals surface area (Å²) in [4.78, 5) is 11.8. The Morgan fingerprint density at radius 3 is 2.46 bits per heavy atom. The summed E-state index contributed by atoms with van der Waals surface area (Å²) in [7, 11) is 0. The van der Waals surface area contributed by atoms with Crippen LogP contribution >= 0.6 is 0 Å². The van der Waals surface area contributed by atoms with Gasteiger partial charge in [-0.05, 0) is 25.7 Å². The van der Waals surface area contributed by atoms with E-state index in [0.29, 0.717) is 18.3 Å². The summed E-state index contributed by atoms with van der Waals surface area (Å²) in [5, 5.41) is 7.56. The maximum absolute atomic E-state index is 13.0. The number of hydrogen-bond donors (Lipinski definition) is 0. The van der Waals surface area contributed by atoms with Gasteiger partial charge in [-0.1, -0.05) is 0 Å². The first-order valence-corrected chi connectivity index (χ1v) is 8.65. The molecule has 2 aromatic rings. The number of halogens is 3. The molecule has 0 atom stereocenters. The van der Waals surface area contributed by atoms with Crippen molar-refractivity contribution in [3.63, 3.8) is 0 Å². The van der Waals surface area contributed by atoms with Crippen molar-refractivity contribution in [2.24, 2.45) is 0 Å². The summed E-state index contributed by atoms with van der Waals surface area (Å²) in [6.07, 6.45) is 1.57. The zero-order valence-electron chi connectivity index (χ0n) is 14.1. The Bertz CT molecular complexity index is 726. The summed E-state index contributed by atoms with van der Waals surface area (Å²) in [5.41, 5.74) is -0.887. The molecule has 1 aliphatic heterocycles. The van der Waals surface area contributed by atoms with Crippen LogP contribution in [-0.4, -0.2) is 50.2 Å². The number of piperidine rings is 1. The van der Waals surface area contributed by atoms with E-state index in [4.69, 9.17) is 4.42 Å². The molecular weight excluding hydrogens is 349 g/mol. The zero-order valence-corrected chi connectivity index (χ0v) is 14.1. The smallest absolute Gasteiger partial charge is 0.427 e. The van der Waals surface area contributed by atoms with Gasteiger partial charge < -0.3 is 9.32 Å². The van der Waals surface area contributed by atoms with Crippen molar-refractivity contribution >= 4 is 5.82 Å². The van der Waals surface area contributed by atoms with Gasteiger partial charge in [-0.15, -0.1) is 10.2 Å². The summed E-state index contributed by atoms with van der Waals surface area (Å²) >= 11 is 0. The second-order valence-corrected chi connectivity index (χ2v) is 6.74. The first kappa shape index (κ1) is 17.2. The molecule has 3 heterocycles. The Kier molecular flexibility index (Phi) is 4.51. The topological polar surface area (TPSA) is 71.2 Å². The van der Waals surface area contributed by atoms with Gasteiger partial charge in [-0.2, -0.15) is 13.2 Å². The van der Waals surface area contributed by atoms with E-state index in [-0.39, 0.29) is 12.1 Å². The summed E-state index contributed by atoms with van der Waals surface area (Å²) in [6, 6.07) is 1.53. The first-order valence-electron chi connectivity index (χ1n) is 8.65. The Morgan fingerprint density at radius 1 is 1.12 bits per heavy atom. The fourth-order valence-electron chi connectivity index (χ4n) is 3.48. The van der Waals surface area contributed by atoms with E-state index >= 15 is 0 Å². The molecule has 0 N–H and O–H groups in total. The van der Waals surface area contributed by atoms with E-state index in [2.05, 4.69) is 30.0 Å². The molecule has 0 unspecified atom stereocenters. The van der Waals surface area contributed by atoms with Gasteiger partial charge in [0, 0.05) is 31.2 Å². The molecule has 7 nitrogen and oxygen atoms in total. The maximum atomic E-state index is 13.0. The second-order valence-electron chi connectivity index (χ2n) is 6.74. The van der Waals surface area contributed by atoms with Crippen LogP contribution < -0.4 is 4.90 Å². The highest BCUT2D eigenvalue weighted by Gasteiger charge is 2.39. The highest BCUT2D eigenvalue weighted by Crippen LogP contribution is 2.37. The lowest BCUT2D eigenvalue weighted by atomic mass is 10.0. The van der Waals surface area contributed by atoms with Gasteiger partial charge in [0.2, 0.25) is 12.3 Å². The molecule has 2 aliphatic rings. The summed E-state index contributed by atoms with van der Waals surface area (Å²) in [6.45, 7) is 2.25. The molecule has 0 bridgehead atoms. The van der Waals surface area contributed by atoms with Gasteiger partial charge in [-0.3, -0.25) is 4.90 Å². The quantitative estimate of drug-likeness (QED) is 0.803. The van der Waals surface area contributed by atoms with Crippen molar-refractivity contribution in [1.82, 2.24) is 25.1 Å². The molecule has 0 radical (unpaired) electrons. The third kappa shape index (κ3) is 3.79. The van der Waals surface area contributed by atoms with Crippen molar-refractivity contribution in [3.05, 3.63) is 30.4 Å². The molecular formula is C16H19F3N6O. The fraction of sp³-hybridized carbons (Fsp3) is 0.625. The molecule has 1 saturated heterocycles. The minimum atomic E-state index is -4.46. The number of likely N-dealkylation sites (tertiary alicyclic amines) is 1. The van der Waals surface area contributed by atoms with Gasteiger partial charge in [0.1, 0.15) is 17.8 Å². The van der Waals surface area contributed by atoms with E-state index in [1.165, 1.54) is 6.39 Å². The van der Waals surface area contributed by atoms with Gasteiger partial charge in [0.05, 0.1) is 6.54 Å². The zero-order chi connectivity index (χ0) is 18.1. The van der Waals surface area contributed by atoms with Crippen LogP contribution in [0.25, 0.3) is 0 Å². The van der Waals surface area contributed by atoms with Gasteiger partial charge in [-0.25, -0.2) is 9.97 Å². The largest absolute Gasteiger partial charge is 0.433 e. The predicted molar refractivity (Wildman–Crippen MR) is 85.1 cm³/mol. The Morgan fingerprint density at radius 2 is 1.85 bits per heavy atom. The molecule has 1 saturated carbocycles. The number of rotatable bonds is 5. The van der Waals surface area contributed by atoms with Crippen LogP contribution in [0.15, 0.2) is 23.2 Å². The van der Waals surface area contributed by atoms with Crippen molar-refractivity contribution in [2.75, 3.05) is 18.0 Å². The van der Waals surface area contributed by atoms with E-state index in [1.807, 2.05) is 0 Å². The van der Waals surface area contributed by atoms with Crippen LogP contribution in [0.3, 0.4) is 0 Å². The molecule has 10 heteroatoms. The minimum Gasteiger partial charge on any atom is -0.427 e. The van der Waals surface area contributed by atoms with Crippen molar-refractivity contribution in [2.45, 2.75) is 50.5 Å². The van der Waals surface area contributed by atoms with E-state index in [1.54, 1.807) is 0 Å². The lowest BCUT2D eigenvalue weighted by molar-refractivity contribution is -0.141. The highest BCUT2D eigenvalue weighted by atomic mass is 19.4. The van der Waals surface area contributed by atoms with Crippen LogP contribution in [-0.2, 0) is 12.7 Å². The van der Waals surface area contributed by atoms with Crippen LogP contribution in [0.5, 0.6) is 0 Å². The molecule has 0 amide bonds. The van der Waals surface area contributed by atoms with Crippen molar-refractivity contribution in [3.8, 4) is 0 Å². The highest BCUT2D eigenvalue weighted by molar-refractivity contribution is 5.44. The monoisotopic (exact) mass is 368 g/mol. The van der Waals surface area contributed by atoms with Crippen molar-refractivity contribution < 1.29 is 17.6 Å². The molecule has 140 valence electrons. The molecule has 0 spiro atoms. The third-order valence-electron chi connectivity index (χ3n) is 4.86. The van der Waals surface area contributed by atoms with Gasteiger partial charge in [0.15, 0.2) is 0 Å². The molecule has 26 heavy (non-hydrogen) atoms. The SMILES string of the molecule is FC(F)(F)c1cc(N(C2CC2)C2CCN(Cc3nnco3)CC2)ncn1. The third-order valence-corrected chi connectivity index (χ3v) is 4.86. The molecule has 2 aromatic heterocycles. The number of alkyl halides is 3. The summed E-state index contributed by atoms with van der Waals surface area (Å²) in [5.74, 6) is 0.957. The van der Waals surface area contributed by atoms with Gasteiger partial charge in [0.25, 0.3) is 0 Å². The number of aromatic nitrogens is 4. The lowest BCUT2D eigenvalue weighted by Gasteiger charge is -2.39. The number of anilines is 1. The van der Waals surface area contributed by atoms with Crippen LogP contribution in [0.1, 0.15) is 37.3 Å². The van der Waals surface area contributed by atoms with Crippen molar-refractivity contribution in [1.29, 1.82) is 0 Å². The standard InChI is InChI=1S/C16H19F3N6O/c17-16(18,19)13-7-14(21-9-20-13)25(11-1-2-11)12-3-5-24(6-4-12)8-15-23-22-10-26-15/h7,9-12H,1-6,8H2. The van der Waals surface area contributed by atoms with Crippen LogP contribution in [0, 0.1) is 0 Å². The average Bonchev–Trinajstić information content (AvgIpc) is 3.32. The Labute approximate surface area is 148 Å². The lowest BCUT2D eigenvalue weighted by Crippen LogP contribution is -2.46. The number of nitrogens with zero attached hydrogens (tertiary/aromatic N) is 6. The molecule has 0 aromatic carbocycles. The Balaban J connectivity index is 1.45. The normalized spacial score (nSPS) is 19.7. The fourth-order valence-corrected chi connectivity index (χ4v) is 3.48. The van der Waals surface area contributed by atoms with E-state index < -0.39 is 11.9 Å². The molecule has 2 fully saturated rings. The molecule has 1 aliphatic carbocycles. The van der Waals surface area contributed by atoms with Crippen LogP contribution in [0.2, 0.25) is 0 Å². The summed E-state index contributed by atoms with van der Waals surface area (Å²) < 4.78 is 44.1. The Hall–Kier alpha value is -2.23. The second kappa shape index (κ2) is 6.82. The van der Waals surface area contributed by atoms with Gasteiger partial charge >= 0.3 is 6.18 Å². The predicted octanol–water partition coefficient (Wildman–Crippen LogP) is 2.51. The molecule has 4 rings (SSSR count).